The number of nitrogens with zero attached hydrogens (tertiary/aromatic N) is 5. The van der Waals surface area contributed by atoms with Crippen LogP contribution in [0.5, 0.6) is 11.5 Å². The maximum atomic E-state index is 6.07. The van der Waals surface area contributed by atoms with E-state index in [1.807, 2.05) is 24.3 Å². The molecule has 1 saturated heterocycles. The number of rotatable bonds is 10. The minimum atomic E-state index is 0.332. The van der Waals surface area contributed by atoms with Gasteiger partial charge < -0.3 is 23.9 Å². The van der Waals surface area contributed by atoms with Crippen LogP contribution in [0.4, 0.5) is 23.3 Å². The van der Waals surface area contributed by atoms with Gasteiger partial charge in [-0.2, -0.15) is 4.98 Å². The maximum absolute atomic E-state index is 6.07. The molecule has 12 heteroatoms. The summed E-state index contributed by atoms with van der Waals surface area (Å²) < 4.78 is 22.8. The quantitative estimate of drug-likeness (QED) is 0.213. The van der Waals surface area contributed by atoms with E-state index in [1.54, 1.807) is 31.5 Å². The van der Waals surface area contributed by atoms with Crippen LogP contribution in [0.3, 0.4) is 0 Å². The standard InChI is InChI=1S/C28H28ClN7O4/c1-37-24-14-20-21(15-25(24)39-10-2-7-36-8-11-38-12-9-36)31-17-32-27(20)33-19-4-6-26(30-16-19)35-28-34-22-13-18(29)3-5-23(22)40-28/h3-6,13-17H,2,7-12H2,1H3,(H,30,34,35)(H,31,32,33). The van der Waals surface area contributed by atoms with Crippen molar-refractivity contribution < 1.29 is 18.6 Å². The Morgan fingerprint density at radius 2 is 1.88 bits per heavy atom. The Morgan fingerprint density at radius 3 is 2.70 bits per heavy atom. The zero-order chi connectivity index (χ0) is 27.3. The topological polar surface area (TPSA) is 120 Å². The molecular weight excluding hydrogens is 534 g/mol. The number of morpholine rings is 1. The molecule has 2 N–H and O–H groups in total. The van der Waals surface area contributed by atoms with E-state index in [2.05, 4.69) is 35.5 Å². The average Bonchev–Trinajstić information content (AvgIpc) is 3.38. The number of anilines is 4. The molecule has 1 aliphatic heterocycles. The minimum absolute atomic E-state index is 0.332. The average molecular weight is 562 g/mol. The zero-order valence-corrected chi connectivity index (χ0v) is 22.6. The molecule has 0 unspecified atom stereocenters. The van der Waals surface area contributed by atoms with Crippen LogP contribution >= 0.6 is 11.6 Å². The normalized spacial score (nSPS) is 13.9. The minimum Gasteiger partial charge on any atom is -0.493 e. The molecule has 0 aliphatic carbocycles. The third kappa shape index (κ3) is 6.01. The van der Waals surface area contributed by atoms with E-state index in [4.69, 9.17) is 30.2 Å². The van der Waals surface area contributed by atoms with E-state index >= 15 is 0 Å². The summed E-state index contributed by atoms with van der Waals surface area (Å²) in [4.78, 5) is 20.1. The highest BCUT2D eigenvalue weighted by molar-refractivity contribution is 6.31. The number of nitrogens with one attached hydrogen (secondary N) is 2. The fourth-order valence-corrected chi connectivity index (χ4v) is 4.64. The Labute approximate surface area is 235 Å². The molecule has 0 amide bonds. The van der Waals surface area contributed by atoms with Crippen LogP contribution in [0.15, 0.2) is 59.4 Å². The van der Waals surface area contributed by atoms with Gasteiger partial charge in [-0.25, -0.2) is 15.0 Å². The van der Waals surface area contributed by atoms with Gasteiger partial charge >= 0.3 is 6.01 Å². The lowest BCUT2D eigenvalue weighted by molar-refractivity contribution is 0.0357. The molecule has 5 aromatic rings. The van der Waals surface area contributed by atoms with Crippen LogP contribution in [0.1, 0.15) is 6.42 Å². The van der Waals surface area contributed by atoms with Crippen molar-refractivity contribution in [2.75, 3.05) is 57.2 Å². The smallest absolute Gasteiger partial charge is 0.301 e. The van der Waals surface area contributed by atoms with E-state index in [0.29, 0.717) is 51.9 Å². The lowest BCUT2D eigenvalue weighted by Crippen LogP contribution is -2.37. The molecule has 3 aromatic heterocycles. The summed E-state index contributed by atoms with van der Waals surface area (Å²) in [6, 6.07) is 13.1. The monoisotopic (exact) mass is 561 g/mol. The second-order valence-corrected chi connectivity index (χ2v) is 9.65. The van der Waals surface area contributed by atoms with Gasteiger partial charge in [0.2, 0.25) is 0 Å². The van der Waals surface area contributed by atoms with Gasteiger partial charge in [-0.05, 0) is 42.8 Å². The molecule has 1 fully saturated rings. The first-order chi connectivity index (χ1) is 19.6. The first-order valence-electron chi connectivity index (χ1n) is 13.0. The van der Waals surface area contributed by atoms with Crippen molar-refractivity contribution in [1.82, 2.24) is 24.8 Å². The summed E-state index contributed by atoms with van der Waals surface area (Å²) in [5.41, 5.74) is 2.79. The van der Waals surface area contributed by atoms with Gasteiger partial charge in [0.05, 0.1) is 44.3 Å². The molecule has 0 atom stereocenters. The number of hydrogen-bond acceptors (Lipinski definition) is 11. The van der Waals surface area contributed by atoms with E-state index < -0.39 is 0 Å². The summed E-state index contributed by atoms with van der Waals surface area (Å²) in [6.45, 7) is 5.08. The summed E-state index contributed by atoms with van der Waals surface area (Å²) in [5, 5.41) is 7.78. The number of fused-ring (bicyclic) bond motifs is 2. The SMILES string of the molecule is COc1cc2c(Nc3ccc(Nc4nc5cc(Cl)ccc5o4)nc3)ncnc2cc1OCCCN1CCOCC1. The van der Waals surface area contributed by atoms with Gasteiger partial charge in [0, 0.05) is 36.1 Å². The number of halogens is 1. The first kappa shape index (κ1) is 26.1. The van der Waals surface area contributed by atoms with Crippen molar-refractivity contribution >= 4 is 56.9 Å². The van der Waals surface area contributed by atoms with Crippen molar-refractivity contribution in [3.05, 3.63) is 60.0 Å². The molecule has 1 aliphatic rings. The number of aromatic nitrogens is 4. The maximum Gasteiger partial charge on any atom is 0.301 e. The van der Waals surface area contributed by atoms with Crippen LogP contribution in [0, 0.1) is 0 Å². The van der Waals surface area contributed by atoms with Crippen molar-refractivity contribution in [3.8, 4) is 11.5 Å². The second kappa shape index (κ2) is 11.9. The lowest BCUT2D eigenvalue weighted by atomic mass is 10.2. The van der Waals surface area contributed by atoms with E-state index in [1.165, 1.54) is 6.33 Å². The Hall–Kier alpha value is -4.19. The third-order valence-corrected chi connectivity index (χ3v) is 6.75. The van der Waals surface area contributed by atoms with Gasteiger partial charge in [0.15, 0.2) is 17.1 Å². The van der Waals surface area contributed by atoms with Crippen molar-refractivity contribution in [2.24, 2.45) is 0 Å². The molecule has 0 saturated carbocycles. The molecule has 4 heterocycles. The van der Waals surface area contributed by atoms with Crippen molar-refractivity contribution in [2.45, 2.75) is 6.42 Å². The van der Waals surface area contributed by atoms with Crippen LogP contribution in [-0.4, -0.2) is 71.4 Å². The third-order valence-electron chi connectivity index (χ3n) is 6.51. The highest BCUT2D eigenvalue weighted by Gasteiger charge is 2.14. The largest absolute Gasteiger partial charge is 0.493 e. The molecular formula is C28H28ClN7O4. The number of ether oxygens (including phenoxy) is 3. The fourth-order valence-electron chi connectivity index (χ4n) is 4.47. The molecule has 0 spiro atoms. The molecule has 0 bridgehead atoms. The van der Waals surface area contributed by atoms with Crippen molar-refractivity contribution in [3.63, 3.8) is 0 Å². The molecule has 0 radical (unpaired) electrons. The van der Waals surface area contributed by atoms with Gasteiger partial charge in [0.1, 0.15) is 23.5 Å². The van der Waals surface area contributed by atoms with E-state index in [9.17, 15) is 0 Å². The highest BCUT2D eigenvalue weighted by atomic mass is 35.5. The summed E-state index contributed by atoms with van der Waals surface area (Å²) in [6.07, 6.45) is 4.12. The van der Waals surface area contributed by atoms with E-state index in [0.717, 1.165) is 55.9 Å². The lowest BCUT2D eigenvalue weighted by Gasteiger charge is -2.26. The summed E-state index contributed by atoms with van der Waals surface area (Å²) in [7, 11) is 1.62. The van der Waals surface area contributed by atoms with Gasteiger partial charge in [-0.3, -0.25) is 10.2 Å². The number of pyridine rings is 1. The summed E-state index contributed by atoms with van der Waals surface area (Å²) >= 11 is 6.03. The number of oxazole rings is 1. The fraction of sp³-hybridized carbons (Fsp3) is 0.286. The van der Waals surface area contributed by atoms with Crippen LogP contribution < -0.4 is 20.1 Å². The predicted molar refractivity (Wildman–Crippen MR) is 153 cm³/mol. The zero-order valence-electron chi connectivity index (χ0n) is 21.9. The predicted octanol–water partition coefficient (Wildman–Crippen LogP) is 5.42. The molecule has 6 rings (SSSR count). The Kier molecular flexibility index (Phi) is 7.76. The number of benzene rings is 2. The Morgan fingerprint density at radius 1 is 0.975 bits per heavy atom. The Balaban J connectivity index is 1.12. The molecule has 40 heavy (non-hydrogen) atoms. The van der Waals surface area contributed by atoms with Crippen LogP contribution in [-0.2, 0) is 4.74 Å². The van der Waals surface area contributed by atoms with Gasteiger partial charge in [-0.1, -0.05) is 11.6 Å². The van der Waals surface area contributed by atoms with Crippen LogP contribution in [0.25, 0.3) is 22.0 Å². The second-order valence-electron chi connectivity index (χ2n) is 9.21. The van der Waals surface area contributed by atoms with Gasteiger partial charge in [0.25, 0.3) is 0 Å². The van der Waals surface area contributed by atoms with Crippen LogP contribution in [0.2, 0.25) is 5.02 Å². The highest BCUT2D eigenvalue weighted by Crippen LogP contribution is 2.35. The molecule has 2 aromatic carbocycles. The number of methoxy groups -OCH3 is 1. The van der Waals surface area contributed by atoms with Crippen molar-refractivity contribution in [1.29, 1.82) is 0 Å². The van der Waals surface area contributed by atoms with Gasteiger partial charge in [-0.15, -0.1) is 0 Å². The summed E-state index contributed by atoms with van der Waals surface area (Å²) in [5.74, 6) is 2.47. The Bertz CT molecular complexity index is 1610. The molecule has 206 valence electrons. The first-order valence-corrected chi connectivity index (χ1v) is 13.3. The van der Waals surface area contributed by atoms with E-state index in [-0.39, 0.29) is 0 Å². The number of hydrogen-bond donors (Lipinski definition) is 2. The molecule has 11 nitrogen and oxygen atoms in total.